The molecule has 13 heteroatoms. The molecule has 1 aromatic carbocycles. The number of aliphatic carboxylic acids is 1. The molecule has 0 aromatic heterocycles. The summed E-state index contributed by atoms with van der Waals surface area (Å²) in [6.45, 7) is 18.3. The van der Waals surface area contributed by atoms with Gasteiger partial charge in [-0.2, -0.15) is 0 Å². The summed E-state index contributed by atoms with van der Waals surface area (Å²) in [6.07, 6.45) is 0.814. The molecule has 1 saturated heterocycles. The van der Waals surface area contributed by atoms with Gasteiger partial charge in [0.05, 0.1) is 42.7 Å². The van der Waals surface area contributed by atoms with Crippen molar-refractivity contribution in [2.45, 2.75) is 143 Å². The van der Waals surface area contributed by atoms with Crippen LogP contribution in [0.5, 0.6) is 0 Å². The van der Waals surface area contributed by atoms with E-state index in [9.17, 15) is 29.1 Å². The molecule has 1 aliphatic heterocycles. The largest absolute Gasteiger partial charge is 0.480 e. The molecule has 0 spiro atoms. The van der Waals surface area contributed by atoms with Gasteiger partial charge in [0, 0.05) is 47.3 Å². The van der Waals surface area contributed by atoms with Gasteiger partial charge in [0.2, 0.25) is 23.6 Å². The first-order valence-corrected chi connectivity index (χ1v) is 20.4. The Morgan fingerprint density at radius 2 is 1.43 bits per heavy atom. The zero-order valence-corrected chi connectivity index (χ0v) is 36.7. The quantitative estimate of drug-likeness (QED) is 0.173. The molecule has 0 aliphatic carbocycles. The van der Waals surface area contributed by atoms with E-state index in [2.05, 4.69) is 10.2 Å². The van der Waals surface area contributed by atoms with Gasteiger partial charge in [-0.15, -0.1) is 0 Å². The standard InChI is InChI=1S/C43H73N5O8/c1-15-29(8)38(47(12)42(52)37(27(4)5)46(11)41(51)36(26(2)3)45(10)28(6)7)34(55-13)25-35(49)48-23-19-22-33(48)39(56-14)30(9)40(50)44-32(43(53)54)24-31-20-17-16-18-21-31/h16-18,20-21,26-30,32-34,36-39H,15,19,22-25H2,1-14H3,(H,44,50)(H,53,54)/t29-,30+,32-,33-,34+,36-,37-,38-,39+/m0/s1. The fourth-order valence-corrected chi connectivity index (χ4v) is 8.36. The second-order valence-electron chi connectivity index (χ2n) is 16.8. The van der Waals surface area contributed by atoms with Crippen LogP contribution in [0.4, 0.5) is 0 Å². The number of likely N-dealkylation sites (N-methyl/N-ethyl adjacent to an activating group) is 3. The first-order chi connectivity index (χ1) is 26.2. The van der Waals surface area contributed by atoms with Gasteiger partial charge in [-0.05, 0) is 57.1 Å². The van der Waals surface area contributed by atoms with Crippen molar-refractivity contribution in [3.63, 3.8) is 0 Å². The van der Waals surface area contributed by atoms with Gasteiger partial charge in [0.15, 0.2) is 0 Å². The number of hydrogen-bond donors (Lipinski definition) is 2. The van der Waals surface area contributed by atoms with E-state index in [1.807, 2.05) is 92.8 Å². The molecule has 9 atom stereocenters. The van der Waals surface area contributed by atoms with Crippen molar-refractivity contribution in [3.05, 3.63) is 35.9 Å². The van der Waals surface area contributed by atoms with Crippen molar-refractivity contribution in [3.8, 4) is 0 Å². The fourth-order valence-electron chi connectivity index (χ4n) is 8.36. The lowest BCUT2D eigenvalue weighted by Gasteiger charge is -2.43. The predicted molar refractivity (Wildman–Crippen MR) is 219 cm³/mol. The first kappa shape index (κ1) is 48.6. The lowest BCUT2D eigenvalue weighted by Crippen LogP contribution is -2.60. The van der Waals surface area contributed by atoms with Crippen molar-refractivity contribution in [1.82, 2.24) is 24.9 Å². The topological polar surface area (TPSA) is 149 Å². The highest BCUT2D eigenvalue weighted by atomic mass is 16.5. The van der Waals surface area contributed by atoms with E-state index in [0.29, 0.717) is 19.4 Å². The summed E-state index contributed by atoms with van der Waals surface area (Å²) in [5.41, 5.74) is 0.786. The molecule has 1 fully saturated rings. The van der Waals surface area contributed by atoms with Gasteiger partial charge in [-0.1, -0.05) is 85.2 Å². The molecule has 13 nitrogen and oxygen atoms in total. The molecular formula is C43H73N5O8. The minimum atomic E-state index is -1.14. The molecule has 0 bridgehead atoms. The predicted octanol–water partition coefficient (Wildman–Crippen LogP) is 4.57. The van der Waals surface area contributed by atoms with Crippen molar-refractivity contribution in [2.75, 3.05) is 41.9 Å². The molecular weight excluding hydrogens is 714 g/mol. The maximum absolute atomic E-state index is 14.6. The number of likely N-dealkylation sites (tertiary alicyclic amines) is 1. The molecule has 0 saturated carbocycles. The fraction of sp³-hybridized carbons (Fsp3) is 0.744. The van der Waals surface area contributed by atoms with E-state index >= 15 is 0 Å². The smallest absolute Gasteiger partial charge is 0.326 e. The highest BCUT2D eigenvalue weighted by Crippen LogP contribution is 2.30. The Morgan fingerprint density at radius 1 is 0.857 bits per heavy atom. The highest BCUT2D eigenvalue weighted by Gasteiger charge is 2.44. The Morgan fingerprint density at radius 3 is 1.91 bits per heavy atom. The number of methoxy groups -OCH3 is 2. The third kappa shape index (κ3) is 12.2. The monoisotopic (exact) mass is 788 g/mol. The average molecular weight is 788 g/mol. The number of carboxylic acids is 1. The summed E-state index contributed by atoms with van der Waals surface area (Å²) in [4.78, 5) is 75.6. The zero-order chi connectivity index (χ0) is 42.6. The molecule has 318 valence electrons. The lowest BCUT2D eigenvalue weighted by molar-refractivity contribution is -0.154. The van der Waals surface area contributed by atoms with Gasteiger partial charge in [0.25, 0.3) is 0 Å². The average Bonchev–Trinajstić information content (AvgIpc) is 3.63. The minimum absolute atomic E-state index is 0.00940. The molecule has 1 aliphatic rings. The van der Waals surface area contributed by atoms with Crippen molar-refractivity contribution in [1.29, 1.82) is 0 Å². The summed E-state index contributed by atoms with van der Waals surface area (Å²) < 4.78 is 11.9. The van der Waals surface area contributed by atoms with Gasteiger partial charge in [-0.3, -0.25) is 24.1 Å². The van der Waals surface area contributed by atoms with E-state index in [1.165, 1.54) is 7.11 Å². The van der Waals surface area contributed by atoms with Crippen LogP contribution in [-0.4, -0.2) is 145 Å². The number of carbonyl (C=O) groups excluding carboxylic acids is 4. The van der Waals surface area contributed by atoms with E-state index in [1.54, 1.807) is 42.8 Å². The number of benzene rings is 1. The van der Waals surface area contributed by atoms with Crippen LogP contribution in [0.15, 0.2) is 30.3 Å². The molecule has 2 N–H and O–H groups in total. The summed E-state index contributed by atoms with van der Waals surface area (Å²) in [7, 11) is 8.45. The maximum atomic E-state index is 14.6. The van der Waals surface area contributed by atoms with E-state index in [0.717, 1.165) is 12.0 Å². The summed E-state index contributed by atoms with van der Waals surface area (Å²) in [5.74, 6) is -3.07. The number of hydrogen-bond acceptors (Lipinski definition) is 8. The number of nitrogens with one attached hydrogen (secondary N) is 1. The Labute approximate surface area is 336 Å². The van der Waals surface area contributed by atoms with Crippen LogP contribution >= 0.6 is 0 Å². The first-order valence-electron chi connectivity index (χ1n) is 20.4. The lowest BCUT2D eigenvalue weighted by atomic mass is 9.89. The summed E-state index contributed by atoms with van der Waals surface area (Å²) in [5, 5.41) is 12.6. The van der Waals surface area contributed by atoms with E-state index in [4.69, 9.17) is 9.47 Å². The third-order valence-corrected chi connectivity index (χ3v) is 11.9. The normalized spacial score (nSPS) is 19.0. The van der Waals surface area contributed by atoms with E-state index in [-0.39, 0.29) is 54.4 Å². The van der Waals surface area contributed by atoms with Crippen LogP contribution in [-0.2, 0) is 39.9 Å². The summed E-state index contributed by atoms with van der Waals surface area (Å²) in [6, 6.07) is 6.08. The minimum Gasteiger partial charge on any atom is -0.480 e. The second-order valence-corrected chi connectivity index (χ2v) is 16.8. The van der Waals surface area contributed by atoms with Crippen molar-refractivity contribution >= 4 is 29.6 Å². The number of amides is 4. The van der Waals surface area contributed by atoms with Crippen LogP contribution in [0.3, 0.4) is 0 Å². The molecule has 0 radical (unpaired) electrons. The van der Waals surface area contributed by atoms with Crippen LogP contribution < -0.4 is 5.32 Å². The Kier molecular flexibility index (Phi) is 19.4. The van der Waals surface area contributed by atoms with Crippen LogP contribution in [0, 0.1) is 23.7 Å². The SMILES string of the molecule is CC[C@H](C)[C@@H]([C@@H](CC(=O)N1CCC[C@H]1[C@H](OC)[C@@H](C)C(=O)N[C@@H](Cc1ccccc1)C(=O)O)OC)N(C)C(=O)[C@H](C(C)C)N(C)C(=O)[C@H](C(C)C)N(C)C(C)C. The Bertz CT molecular complexity index is 1420. The highest BCUT2D eigenvalue weighted by molar-refractivity contribution is 5.90. The third-order valence-electron chi connectivity index (χ3n) is 11.9. The molecule has 1 aromatic rings. The van der Waals surface area contributed by atoms with Gasteiger partial charge < -0.3 is 34.6 Å². The van der Waals surface area contributed by atoms with Crippen LogP contribution in [0.25, 0.3) is 0 Å². The number of nitrogens with zero attached hydrogens (tertiary/aromatic N) is 4. The van der Waals surface area contributed by atoms with E-state index < -0.39 is 60.2 Å². The van der Waals surface area contributed by atoms with Crippen LogP contribution in [0.1, 0.15) is 93.6 Å². The molecule has 1 heterocycles. The molecule has 2 rings (SSSR count). The molecule has 0 unspecified atom stereocenters. The second kappa shape index (κ2) is 22.4. The Hall–Kier alpha value is -3.55. The molecule has 4 amide bonds. The van der Waals surface area contributed by atoms with Crippen LogP contribution in [0.2, 0.25) is 0 Å². The number of carboxylic acid groups (broad SMARTS) is 1. The van der Waals surface area contributed by atoms with Gasteiger partial charge in [0.1, 0.15) is 12.1 Å². The Balaban J connectivity index is 2.33. The van der Waals surface area contributed by atoms with Crippen molar-refractivity contribution in [2.24, 2.45) is 23.7 Å². The maximum Gasteiger partial charge on any atom is 0.326 e. The number of ether oxygens (including phenoxy) is 2. The number of rotatable bonds is 22. The zero-order valence-electron chi connectivity index (χ0n) is 36.7. The van der Waals surface area contributed by atoms with Gasteiger partial charge in [-0.25, -0.2) is 4.79 Å². The molecule has 56 heavy (non-hydrogen) atoms. The van der Waals surface area contributed by atoms with Crippen molar-refractivity contribution < 1.29 is 38.6 Å². The van der Waals surface area contributed by atoms with Gasteiger partial charge >= 0.3 is 5.97 Å². The summed E-state index contributed by atoms with van der Waals surface area (Å²) >= 11 is 0. The number of carbonyl (C=O) groups is 5.